The summed E-state index contributed by atoms with van der Waals surface area (Å²) in [5, 5.41) is 0.692. The second-order valence-electron chi connectivity index (χ2n) is 4.68. The molecule has 0 aliphatic carbocycles. The second kappa shape index (κ2) is 6.68. The number of aryl methyl sites for hydroxylation is 1. The van der Waals surface area contributed by atoms with E-state index in [1.807, 2.05) is 25.1 Å². The van der Waals surface area contributed by atoms with E-state index in [0.717, 1.165) is 21.2 Å². The summed E-state index contributed by atoms with van der Waals surface area (Å²) in [6, 6.07) is 10.2. The van der Waals surface area contributed by atoms with Gasteiger partial charge in [-0.15, -0.1) is 0 Å². The smallest absolute Gasteiger partial charge is 0.123 e. The Hall–Kier alpha value is -0.940. The van der Waals surface area contributed by atoms with Crippen molar-refractivity contribution in [2.24, 2.45) is 5.84 Å². The van der Waals surface area contributed by atoms with Crippen molar-refractivity contribution >= 4 is 27.5 Å². The van der Waals surface area contributed by atoms with Crippen LogP contribution >= 0.6 is 27.5 Å². The lowest BCUT2D eigenvalue weighted by Crippen LogP contribution is -2.30. The summed E-state index contributed by atoms with van der Waals surface area (Å²) in [4.78, 5) is 0. The zero-order valence-corrected chi connectivity index (χ0v) is 13.3. The molecular formula is C15H15BrClFN2. The Kier molecular flexibility index (Phi) is 5.16. The van der Waals surface area contributed by atoms with Crippen LogP contribution in [0.4, 0.5) is 4.39 Å². The van der Waals surface area contributed by atoms with E-state index in [1.54, 1.807) is 6.07 Å². The van der Waals surface area contributed by atoms with Crippen LogP contribution in [0.25, 0.3) is 0 Å². The normalized spacial score (nSPS) is 12.4. The number of halogens is 3. The largest absolute Gasteiger partial charge is 0.271 e. The number of nitrogens with one attached hydrogen (secondary N) is 1. The first kappa shape index (κ1) is 15.4. The highest BCUT2D eigenvalue weighted by molar-refractivity contribution is 9.10. The van der Waals surface area contributed by atoms with Crippen molar-refractivity contribution < 1.29 is 4.39 Å². The Labute approximate surface area is 131 Å². The van der Waals surface area contributed by atoms with Crippen molar-refractivity contribution in [3.05, 3.63) is 68.4 Å². The van der Waals surface area contributed by atoms with Crippen LogP contribution in [0.3, 0.4) is 0 Å². The van der Waals surface area contributed by atoms with Gasteiger partial charge in [0, 0.05) is 9.50 Å². The molecule has 0 bridgehead atoms. The molecule has 0 aliphatic heterocycles. The van der Waals surface area contributed by atoms with Gasteiger partial charge in [0.05, 0.1) is 6.04 Å². The highest BCUT2D eigenvalue weighted by Gasteiger charge is 2.16. The summed E-state index contributed by atoms with van der Waals surface area (Å²) >= 11 is 9.65. The molecule has 5 heteroatoms. The number of benzene rings is 2. The first-order valence-corrected chi connectivity index (χ1v) is 7.34. The van der Waals surface area contributed by atoms with Crippen molar-refractivity contribution in [1.29, 1.82) is 0 Å². The summed E-state index contributed by atoms with van der Waals surface area (Å²) in [7, 11) is 0. The zero-order chi connectivity index (χ0) is 14.7. The lowest BCUT2D eigenvalue weighted by atomic mass is 9.98. The number of hydrogen-bond donors (Lipinski definition) is 2. The van der Waals surface area contributed by atoms with Gasteiger partial charge in [0.15, 0.2) is 0 Å². The molecule has 0 spiro atoms. The van der Waals surface area contributed by atoms with Crippen molar-refractivity contribution in [1.82, 2.24) is 5.43 Å². The summed E-state index contributed by atoms with van der Waals surface area (Å²) < 4.78 is 14.2. The Balaban J connectivity index is 2.31. The van der Waals surface area contributed by atoms with E-state index in [0.29, 0.717) is 11.4 Å². The molecule has 20 heavy (non-hydrogen) atoms. The van der Waals surface area contributed by atoms with Crippen LogP contribution < -0.4 is 11.3 Å². The van der Waals surface area contributed by atoms with Gasteiger partial charge in [0.1, 0.15) is 5.82 Å². The third-order valence-corrected chi connectivity index (χ3v) is 4.24. The molecule has 2 nitrogen and oxygen atoms in total. The summed E-state index contributed by atoms with van der Waals surface area (Å²) in [6.07, 6.45) is 0.581. The van der Waals surface area contributed by atoms with E-state index in [2.05, 4.69) is 21.4 Å². The predicted molar refractivity (Wildman–Crippen MR) is 84.1 cm³/mol. The molecular weight excluding hydrogens is 343 g/mol. The van der Waals surface area contributed by atoms with Crippen molar-refractivity contribution in [3.8, 4) is 0 Å². The minimum absolute atomic E-state index is 0.222. The van der Waals surface area contributed by atoms with E-state index in [4.69, 9.17) is 17.4 Å². The highest BCUT2D eigenvalue weighted by Crippen LogP contribution is 2.29. The Morgan fingerprint density at radius 3 is 2.70 bits per heavy atom. The van der Waals surface area contributed by atoms with E-state index < -0.39 is 0 Å². The van der Waals surface area contributed by atoms with Gasteiger partial charge in [-0.25, -0.2) is 4.39 Å². The van der Waals surface area contributed by atoms with Crippen LogP contribution in [0, 0.1) is 12.7 Å². The summed E-state index contributed by atoms with van der Waals surface area (Å²) in [6.45, 7) is 1.98. The minimum atomic E-state index is -0.293. The molecule has 2 aromatic rings. The molecule has 106 valence electrons. The molecule has 2 rings (SSSR count). The second-order valence-corrected chi connectivity index (χ2v) is 5.95. The van der Waals surface area contributed by atoms with Crippen molar-refractivity contribution in [2.75, 3.05) is 0 Å². The fourth-order valence-corrected chi connectivity index (χ4v) is 2.91. The maximum absolute atomic E-state index is 13.4. The highest BCUT2D eigenvalue weighted by atomic mass is 79.9. The van der Waals surface area contributed by atoms with Crippen molar-refractivity contribution in [3.63, 3.8) is 0 Å². The fraction of sp³-hybridized carbons (Fsp3) is 0.200. The van der Waals surface area contributed by atoms with E-state index >= 15 is 0 Å². The van der Waals surface area contributed by atoms with Gasteiger partial charge in [-0.2, -0.15) is 0 Å². The molecule has 1 atom stereocenters. The van der Waals surface area contributed by atoms with Gasteiger partial charge >= 0.3 is 0 Å². The Morgan fingerprint density at radius 1 is 1.30 bits per heavy atom. The molecule has 0 heterocycles. The predicted octanol–water partition coefficient (Wildman–Crippen LogP) is 4.30. The van der Waals surface area contributed by atoms with Crippen LogP contribution in [-0.4, -0.2) is 0 Å². The van der Waals surface area contributed by atoms with Crippen LogP contribution in [-0.2, 0) is 6.42 Å². The van der Waals surface area contributed by atoms with Gasteiger partial charge in [-0.1, -0.05) is 39.7 Å². The molecule has 0 aliphatic rings. The molecule has 3 N–H and O–H groups in total. The lowest BCUT2D eigenvalue weighted by molar-refractivity contribution is 0.542. The van der Waals surface area contributed by atoms with E-state index in [9.17, 15) is 4.39 Å². The van der Waals surface area contributed by atoms with Crippen LogP contribution in [0.1, 0.15) is 22.7 Å². The quantitative estimate of drug-likeness (QED) is 0.632. The molecule has 0 aromatic heterocycles. The van der Waals surface area contributed by atoms with Gasteiger partial charge in [0.25, 0.3) is 0 Å². The maximum atomic E-state index is 13.4. The van der Waals surface area contributed by atoms with Crippen molar-refractivity contribution in [2.45, 2.75) is 19.4 Å². The van der Waals surface area contributed by atoms with Gasteiger partial charge < -0.3 is 0 Å². The fourth-order valence-electron chi connectivity index (χ4n) is 2.08. The molecule has 0 radical (unpaired) electrons. The third kappa shape index (κ3) is 3.58. The standard InChI is InChI=1S/C15H15BrClFN2/c1-9-2-3-10(14(17)6-9)7-15(20-19)12-8-11(18)4-5-13(12)16/h2-6,8,15,20H,7,19H2,1H3. The molecule has 2 aromatic carbocycles. The van der Waals surface area contributed by atoms with Crippen LogP contribution in [0.2, 0.25) is 5.02 Å². The molecule has 1 unspecified atom stereocenters. The first-order valence-electron chi connectivity index (χ1n) is 6.17. The maximum Gasteiger partial charge on any atom is 0.123 e. The lowest BCUT2D eigenvalue weighted by Gasteiger charge is -2.19. The summed E-state index contributed by atoms with van der Waals surface area (Å²) in [5.41, 5.74) is 5.56. The molecule has 0 amide bonds. The van der Waals surface area contributed by atoms with E-state index in [-0.39, 0.29) is 11.9 Å². The van der Waals surface area contributed by atoms with E-state index in [1.165, 1.54) is 12.1 Å². The van der Waals surface area contributed by atoms with Gasteiger partial charge in [-0.3, -0.25) is 11.3 Å². The third-order valence-electron chi connectivity index (χ3n) is 3.17. The number of rotatable bonds is 4. The number of hydrogen-bond acceptors (Lipinski definition) is 2. The average Bonchev–Trinajstić information content (AvgIpc) is 2.41. The summed E-state index contributed by atoms with van der Waals surface area (Å²) in [5.74, 6) is 5.32. The molecule has 0 saturated carbocycles. The molecule has 0 saturated heterocycles. The Morgan fingerprint density at radius 2 is 2.05 bits per heavy atom. The van der Waals surface area contributed by atoms with Crippen LogP contribution in [0.15, 0.2) is 40.9 Å². The Bertz CT molecular complexity index is 619. The van der Waals surface area contributed by atoms with Gasteiger partial charge in [0.2, 0.25) is 0 Å². The topological polar surface area (TPSA) is 38.0 Å². The SMILES string of the molecule is Cc1ccc(CC(NN)c2cc(F)ccc2Br)c(Cl)c1. The minimum Gasteiger partial charge on any atom is -0.271 e. The van der Waals surface area contributed by atoms with Crippen LogP contribution in [0.5, 0.6) is 0 Å². The molecule has 0 fully saturated rings. The number of nitrogens with two attached hydrogens (primary N) is 1. The average molecular weight is 358 g/mol. The van der Waals surface area contributed by atoms with Gasteiger partial charge in [-0.05, 0) is 54.3 Å². The monoisotopic (exact) mass is 356 g/mol. The first-order chi connectivity index (χ1) is 9.51. The zero-order valence-electron chi connectivity index (χ0n) is 11.0. The number of hydrazine groups is 1.